The summed E-state index contributed by atoms with van der Waals surface area (Å²) < 4.78 is 5.74. The molecule has 0 aliphatic rings. The van der Waals surface area contributed by atoms with E-state index in [1.54, 1.807) is 0 Å². The molecule has 0 aliphatic heterocycles. The summed E-state index contributed by atoms with van der Waals surface area (Å²) >= 11 is 0. The van der Waals surface area contributed by atoms with E-state index in [-0.39, 0.29) is 0 Å². The second-order valence-electron chi connectivity index (χ2n) is 4.79. The minimum atomic E-state index is 0.420. The van der Waals surface area contributed by atoms with Gasteiger partial charge in [-0.2, -0.15) is 0 Å². The van der Waals surface area contributed by atoms with Crippen LogP contribution in [0, 0.1) is 6.92 Å². The van der Waals surface area contributed by atoms with Gasteiger partial charge in [0.15, 0.2) is 6.29 Å². The summed E-state index contributed by atoms with van der Waals surface area (Å²) in [6.45, 7) is 4.44. The van der Waals surface area contributed by atoms with Crippen molar-refractivity contribution in [3.05, 3.63) is 58.8 Å². The third-order valence-electron chi connectivity index (χ3n) is 3.13. The van der Waals surface area contributed by atoms with Crippen LogP contribution in [-0.2, 0) is 13.0 Å². The number of nitrogens with zero attached hydrogens (tertiary/aromatic N) is 1. The van der Waals surface area contributed by atoms with Crippen LogP contribution in [0.15, 0.2) is 36.4 Å². The first-order valence-corrected chi connectivity index (χ1v) is 6.87. The van der Waals surface area contributed by atoms with Crippen LogP contribution in [-0.4, -0.2) is 11.3 Å². The van der Waals surface area contributed by atoms with Crippen LogP contribution < -0.4 is 4.74 Å². The van der Waals surface area contributed by atoms with Crippen molar-refractivity contribution >= 4 is 6.29 Å². The molecule has 3 nitrogen and oxygen atoms in total. The molecule has 0 fully saturated rings. The molecule has 0 atom stereocenters. The molecule has 0 aliphatic carbocycles. The number of carbonyl (C=O) groups excluding carboxylic acids is 1. The summed E-state index contributed by atoms with van der Waals surface area (Å²) in [6, 6.07) is 11.8. The first-order chi connectivity index (χ1) is 9.74. The van der Waals surface area contributed by atoms with Crippen molar-refractivity contribution in [2.75, 3.05) is 0 Å². The van der Waals surface area contributed by atoms with Crippen LogP contribution in [0.1, 0.15) is 40.5 Å². The first kappa shape index (κ1) is 14.3. The van der Waals surface area contributed by atoms with Crippen molar-refractivity contribution in [3.8, 4) is 5.88 Å². The van der Waals surface area contributed by atoms with Gasteiger partial charge in [0.1, 0.15) is 6.61 Å². The molecule has 0 unspecified atom stereocenters. The van der Waals surface area contributed by atoms with Gasteiger partial charge in [-0.1, -0.05) is 43.7 Å². The van der Waals surface area contributed by atoms with E-state index >= 15 is 0 Å². The van der Waals surface area contributed by atoms with E-state index in [0.717, 1.165) is 35.9 Å². The highest BCUT2D eigenvalue weighted by atomic mass is 16.5. The second-order valence-corrected chi connectivity index (χ2v) is 4.79. The van der Waals surface area contributed by atoms with Gasteiger partial charge in [0, 0.05) is 5.69 Å². The molecule has 0 bridgehead atoms. The predicted molar refractivity (Wildman–Crippen MR) is 79.1 cm³/mol. The quantitative estimate of drug-likeness (QED) is 0.750. The van der Waals surface area contributed by atoms with Gasteiger partial charge in [0.25, 0.3) is 0 Å². The fourth-order valence-corrected chi connectivity index (χ4v) is 2.08. The molecular weight excluding hydrogens is 250 g/mol. The summed E-state index contributed by atoms with van der Waals surface area (Å²) in [7, 11) is 0. The Morgan fingerprint density at radius 1 is 1.25 bits per heavy atom. The number of carbonyl (C=O) groups is 1. The van der Waals surface area contributed by atoms with Crippen molar-refractivity contribution in [2.24, 2.45) is 0 Å². The normalized spacial score (nSPS) is 10.3. The lowest BCUT2D eigenvalue weighted by Gasteiger charge is -2.11. The maximum Gasteiger partial charge on any atom is 0.224 e. The number of pyridine rings is 1. The molecule has 0 amide bonds. The Labute approximate surface area is 119 Å². The van der Waals surface area contributed by atoms with E-state index in [1.807, 2.05) is 43.3 Å². The lowest BCUT2D eigenvalue weighted by Crippen LogP contribution is -2.04. The van der Waals surface area contributed by atoms with Crippen LogP contribution >= 0.6 is 0 Å². The molecule has 0 saturated heterocycles. The minimum Gasteiger partial charge on any atom is -0.472 e. The standard InChI is InChI=1S/C17H19NO2/c1-3-7-15-10-13(2)16(11-19)17(18-15)20-12-14-8-5-4-6-9-14/h4-6,8-11H,3,7,12H2,1-2H3. The summed E-state index contributed by atoms with van der Waals surface area (Å²) in [5, 5.41) is 0. The van der Waals surface area contributed by atoms with E-state index in [9.17, 15) is 4.79 Å². The largest absolute Gasteiger partial charge is 0.472 e. The molecule has 1 aromatic heterocycles. The van der Waals surface area contributed by atoms with Crippen LogP contribution in [0.2, 0.25) is 0 Å². The Balaban J connectivity index is 2.22. The Morgan fingerprint density at radius 2 is 2.00 bits per heavy atom. The van der Waals surface area contributed by atoms with E-state index in [0.29, 0.717) is 18.1 Å². The highest BCUT2D eigenvalue weighted by Crippen LogP contribution is 2.21. The van der Waals surface area contributed by atoms with Crippen LogP contribution in [0.25, 0.3) is 0 Å². The molecule has 2 aromatic rings. The molecule has 0 N–H and O–H groups in total. The van der Waals surface area contributed by atoms with Crippen LogP contribution in [0.5, 0.6) is 5.88 Å². The second kappa shape index (κ2) is 6.85. The van der Waals surface area contributed by atoms with E-state index < -0.39 is 0 Å². The van der Waals surface area contributed by atoms with Crippen molar-refractivity contribution < 1.29 is 9.53 Å². The average Bonchev–Trinajstić information content (AvgIpc) is 2.46. The zero-order valence-corrected chi connectivity index (χ0v) is 11.9. The number of rotatable bonds is 6. The lowest BCUT2D eigenvalue weighted by molar-refractivity contribution is 0.111. The zero-order chi connectivity index (χ0) is 14.4. The third-order valence-corrected chi connectivity index (χ3v) is 3.13. The predicted octanol–water partition coefficient (Wildman–Crippen LogP) is 3.73. The molecule has 3 heteroatoms. The summed E-state index contributed by atoms with van der Waals surface area (Å²) in [5.74, 6) is 0.437. The molecule has 0 spiro atoms. The number of aromatic nitrogens is 1. The number of ether oxygens (including phenoxy) is 1. The van der Waals surface area contributed by atoms with Crippen molar-refractivity contribution in [2.45, 2.75) is 33.3 Å². The fraction of sp³-hybridized carbons (Fsp3) is 0.294. The molecule has 104 valence electrons. The van der Waals surface area contributed by atoms with E-state index in [4.69, 9.17) is 4.74 Å². The third kappa shape index (κ3) is 3.44. The topological polar surface area (TPSA) is 39.2 Å². The molecule has 1 heterocycles. The van der Waals surface area contributed by atoms with Gasteiger partial charge in [-0.25, -0.2) is 4.98 Å². The number of hydrogen-bond acceptors (Lipinski definition) is 3. The fourth-order valence-electron chi connectivity index (χ4n) is 2.08. The number of aldehydes is 1. The minimum absolute atomic E-state index is 0.420. The van der Waals surface area contributed by atoms with Crippen molar-refractivity contribution in [1.82, 2.24) is 4.98 Å². The van der Waals surface area contributed by atoms with Gasteiger partial charge in [-0.05, 0) is 30.5 Å². The Kier molecular flexibility index (Phi) is 4.88. The maximum atomic E-state index is 11.2. The average molecular weight is 269 g/mol. The number of hydrogen-bond donors (Lipinski definition) is 0. The highest BCUT2D eigenvalue weighted by molar-refractivity contribution is 5.80. The van der Waals surface area contributed by atoms with Gasteiger partial charge in [-0.3, -0.25) is 4.79 Å². The SMILES string of the molecule is CCCc1cc(C)c(C=O)c(OCc2ccccc2)n1. The van der Waals surface area contributed by atoms with Crippen LogP contribution in [0.3, 0.4) is 0 Å². The lowest BCUT2D eigenvalue weighted by atomic mass is 10.1. The molecule has 20 heavy (non-hydrogen) atoms. The first-order valence-electron chi connectivity index (χ1n) is 6.87. The number of benzene rings is 1. The Morgan fingerprint density at radius 3 is 2.65 bits per heavy atom. The van der Waals surface area contributed by atoms with Gasteiger partial charge in [-0.15, -0.1) is 0 Å². The van der Waals surface area contributed by atoms with Gasteiger partial charge >= 0.3 is 0 Å². The molecule has 0 radical (unpaired) electrons. The van der Waals surface area contributed by atoms with Gasteiger partial charge in [0.05, 0.1) is 5.56 Å². The monoisotopic (exact) mass is 269 g/mol. The molecular formula is C17H19NO2. The Hall–Kier alpha value is -2.16. The molecule has 2 rings (SSSR count). The van der Waals surface area contributed by atoms with Gasteiger partial charge in [0.2, 0.25) is 5.88 Å². The van der Waals surface area contributed by atoms with E-state index in [1.165, 1.54) is 0 Å². The molecule has 1 aromatic carbocycles. The summed E-state index contributed by atoms with van der Waals surface area (Å²) in [5.41, 5.74) is 3.49. The number of aryl methyl sites for hydroxylation is 2. The maximum absolute atomic E-state index is 11.2. The zero-order valence-electron chi connectivity index (χ0n) is 11.9. The van der Waals surface area contributed by atoms with Crippen molar-refractivity contribution in [1.29, 1.82) is 0 Å². The van der Waals surface area contributed by atoms with Crippen LogP contribution in [0.4, 0.5) is 0 Å². The van der Waals surface area contributed by atoms with E-state index in [2.05, 4.69) is 11.9 Å². The Bertz CT molecular complexity index is 579. The van der Waals surface area contributed by atoms with Crippen molar-refractivity contribution in [3.63, 3.8) is 0 Å². The smallest absolute Gasteiger partial charge is 0.224 e. The highest BCUT2D eigenvalue weighted by Gasteiger charge is 2.11. The summed E-state index contributed by atoms with van der Waals surface area (Å²) in [6.07, 6.45) is 2.73. The van der Waals surface area contributed by atoms with Gasteiger partial charge < -0.3 is 4.74 Å². The summed E-state index contributed by atoms with van der Waals surface area (Å²) in [4.78, 5) is 15.7. The molecule has 0 saturated carbocycles.